The van der Waals surface area contributed by atoms with Gasteiger partial charge in [-0.3, -0.25) is 4.79 Å². The predicted octanol–water partition coefficient (Wildman–Crippen LogP) is 1.17. The molecule has 0 saturated carbocycles. The summed E-state index contributed by atoms with van der Waals surface area (Å²) in [6, 6.07) is 1.46. The Kier molecular flexibility index (Phi) is 5.14. The largest absolute Gasteiger partial charge is 0.377 e. The molecule has 1 aliphatic rings. The van der Waals surface area contributed by atoms with Crippen molar-refractivity contribution in [3.05, 3.63) is 17.0 Å². The van der Waals surface area contributed by atoms with Gasteiger partial charge in [0.1, 0.15) is 11.9 Å². The average molecular weight is 299 g/mol. The lowest BCUT2D eigenvalue weighted by atomic mass is 10.2. The van der Waals surface area contributed by atoms with Crippen LogP contribution in [0.5, 0.6) is 0 Å². The fraction of sp³-hybridized carbons (Fsp3) is 0.615. The summed E-state index contributed by atoms with van der Waals surface area (Å²) >= 11 is 5.90. The summed E-state index contributed by atoms with van der Waals surface area (Å²) in [5, 5.41) is 3.09. The maximum absolute atomic E-state index is 12.2. The minimum atomic E-state index is -0.374. The number of hydrogen-bond donors (Lipinski definition) is 1. The number of anilines is 1. The van der Waals surface area contributed by atoms with E-state index in [9.17, 15) is 4.79 Å². The van der Waals surface area contributed by atoms with Gasteiger partial charge in [-0.25, -0.2) is 9.97 Å². The van der Waals surface area contributed by atoms with E-state index in [1.165, 1.54) is 0 Å². The van der Waals surface area contributed by atoms with Crippen LogP contribution in [0.25, 0.3) is 0 Å². The molecule has 0 radical (unpaired) electrons. The number of morpholine rings is 1. The summed E-state index contributed by atoms with van der Waals surface area (Å²) in [5.74, 6) is 0.626. The molecule has 1 aromatic rings. The lowest BCUT2D eigenvalue weighted by Crippen LogP contribution is -2.54. The van der Waals surface area contributed by atoms with E-state index in [0.29, 0.717) is 32.1 Å². The molecule has 6 nitrogen and oxygen atoms in total. The Hall–Kier alpha value is -1.40. The number of carbonyl (C=O) groups is 1. The molecule has 1 saturated heterocycles. The average Bonchev–Trinajstić information content (AvgIpc) is 2.43. The van der Waals surface area contributed by atoms with E-state index in [-0.39, 0.29) is 17.2 Å². The molecule has 1 fully saturated rings. The van der Waals surface area contributed by atoms with E-state index in [2.05, 4.69) is 15.3 Å². The molecule has 7 heteroatoms. The summed E-state index contributed by atoms with van der Waals surface area (Å²) in [7, 11) is 0. The van der Waals surface area contributed by atoms with Crippen LogP contribution in [0.2, 0.25) is 5.28 Å². The highest BCUT2D eigenvalue weighted by Crippen LogP contribution is 2.20. The monoisotopic (exact) mass is 298 g/mol. The number of nitrogens with one attached hydrogen (secondary N) is 1. The number of rotatable bonds is 4. The van der Waals surface area contributed by atoms with Gasteiger partial charge < -0.3 is 15.0 Å². The van der Waals surface area contributed by atoms with E-state index in [1.54, 1.807) is 0 Å². The van der Waals surface area contributed by atoms with E-state index in [4.69, 9.17) is 16.3 Å². The number of carbonyl (C=O) groups excluding carboxylic acids is 1. The van der Waals surface area contributed by atoms with Crippen LogP contribution < -0.4 is 10.2 Å². The standard InChI is InChI=1S/C13H19ClN4O2/c1-3-4-15-12(19)10-8-20-6-5-18(10)11-7-9(2)16-13(14)17-11/h7,10H,3-6,8H2,1-2H3,(H,15,19). The Bertz CT molecular complexity index is 463. The minimum absolute atomic E-state index is 0.0427. The Morgan fingerprint density at radius 2 is 2.40 bits per heavy atom. The zero-order chi connectivity index (χ0) is 14.5. The van der Waals surface area contributed by atoms with E-state index in [1.807, 2.05) is 24.8 Å². The highest BCUT2D eigenvalue weighted by Gasteiger charge is 2.30. The van der Waals surface area contributed by atoms with Gasteiger partial charge in [0.15, 0.2) is 0 Å². The number of ether oxygens (including phenoxy) is 1. The van der Waals surface area contributed by atoms with Crippen molar-refractivity contribution in [1.82, 2.24) is 15.3 Å². The van der Waals surface area contributed by atoms with Gasteiger partial charge in [0.25, 0.3) is 0 Å². The van der Waals surface area contributed by atoms with Crippen molar-refractivity contribution in [3.63, 3.8) is 0 Å². The third-order valence-electron chi connectivity index (χ3n) is 3.09. The molecule has 1 unspecified atom stereocenters. The molecule has 0 aliphatic carbocycles. The number of nitrogens with zero attached hydrogens (tertiary/aromatic N) is 3. The van der Waals surface area contributed by atoms with Crippen LogP contribution in [0.4, 0.5) is 5.82 Å². The smallest absolute Gasteiger partial charge is 0.245 e. The Morgan fingerprint density at radius 3 is 3.10 bits per heavy atom. The maximum Gasteiger partial charge on any atom is 0.245 e. The van der Waals surface area contributed by atoms with Crippen molar-refractivity contribution in [2.45, 2.75) is 26.3 Å². The molecule has 2 rings (SSSR count). The van der Waals surface area contributed by atoms with Crippen LogP contribution >= 0.6 is 11.6 Å². The predicted molar refractivity (Wildman–Crippen MR) is 77.0 cm³/mol. The molecule has 1 aliphatic heterocycles. The zero-order valence-corrected chi connectivity index (χ0v) is 12.5. The molecular weight excluding hydrogens is 280 g/mol. The second kappa shape index (κ2) is 6.85. The molecule has 0 spiro atoms. The summed E-state index contributed by atoms with van der Waals surface area (Å²) in [4.78, 5) is 22.4. The van der Waals surface area contributed by atoms with E-state index < -0.39 is 0 Å². The quantitative estimate of drug-likeness (QED) is 0.845. The van der Waals surface area contributed by atoms with Crippen LogP contribution in [0, 0.1) is 6.92 Å². The zero-order valence-electron chi connectivity index (χ0n) is 11.7. The topological polar surface area (TPSA) is 67.3 Å². The van der Waals surface area contributed by atoms with E-state index in [0.717, 1.165) is 12.1 Å². The van der Waals surface area contributed by atoms with Crippen LogP contribution in [-0.4, -0.2) is 48.2 Å². The third kappa shape index (κ3) is 3.58. The van der Waals surface area contributed by atoms with E-state index >= 15 is 0 Å². The van der Waals surface area contributed by atoms with Crippen LogP contribution in [0.1, 0.15) is 19.0 Å². The second-order valence-corrected chi connectivity index (χ2v) is 5.05. The number of aryl methyl sites for hydroxylation is 1. The van der Waals surface area contributed by atoms with Crippen molar-refractivity contribution in [1.29, 1.82) is 0 Å². The molecule has 0 bridgehead atoms. The first-order valence-electron chi connectivity index (χ1n) is 6.75. The third-order valence-corrected chi connectivity index (χ3v) is 3.26. The van der Waals surface area contributed by atoms with Crippen molar-refractivity contribution in [2.75, 3.05) is 31.2 Å². The molecule has 1 amide bonds. The molecule has 1 atom stereocenters. The van der Waals surface area contributed by atoms with Gasteiger partial charge in [0.2, 0.25) is 11.2 Å². The van der Waals surface area contributed by atoms with Crippen molar-refractivity contribution >= 4 is 23.3 Å². The first-order valence-corrected chi connectivity index (χ1v) is 7.13. The van der Waals surface area contributed by atoms with Crippen molar-refractivity contribution in [3.8, 4) is 0 Å². The highest BCUT2D eigenvalue weighted by atomic mass is 35.5. The van der Waals surface area contributed by atoms with Crippen molar-refractivity contribution in [2.24, 2.45) is 0 Å². The highest BCUT2D eigenvalue weighted by molar-refractivity contribution is 6.28. The summed E-state index contributed by atoms with van der Waals surface area (Å²) < 4.78 is 5.42. The number of hydrogen-bond acceptors (Lipinski definition) is 5. The van der Waals surface area contributed by atoms with Crippen LogP contribution in [-0.2, 0) is 9.53 Å². The summed E-state index contributed by atoms with van der Waals surface area (Å²) in [6.45, 7) is 6.06. The summed E-state index contributed by atoms with van der Waals surface area (Å²) in [6.07, 6.45) is 0.901. The first kappa shape index (κ1) is 15.0. The summed E-state index contributed by atoms with van der Waals surface area (Å²) in [5.41, 5.74) is 0.777. The molecular formula is C13H19ClN4O2. The second-order valence-electron chi connectivity index (χ2n) is 4.71. The molecule has 0 aromatic carbocycles. The maximum atomic E-state index is 12.2. The van der Waals surface area contributed by atoms with Gasteiger partial charge >= 0.3 is 0 Å². The molecule has 1 aromatic heterocycles. The fourth-order valence-electron chi connectivity index (χ4n) is 2.12. The Morgan fingerprint density at radius 1 is 1.60 bits per heavy atom. The van der Waals surface area contributed by atoms with Gasteiger partial charge in [-0.15, -0.1) is 0 Å². The van der Waals surface area contributed by atoms with Gasteiger partial charge in [0, 0.05) is 24.8 Å². The van der Waals surface area contributed by atoms with Crippen LogP contribution in [0.3, 0.4) is 0 Å². The SMILES string of the molecule is CCCNC(=O)C1COCCN1c1cc(C)nc(Cl)n1. The molecule has 110 valence electrons. The number of aromatic nitrogens is 2. The van der Waals surface area contributed by atoms with Gasteiger partial charge in [0.05, 0.1) is 13.2 Å². The normalized spacial score (nSPS) is 18.9. The van der Waals surface area contributed by atoms with Crippen LogP contribution in [0.15, 0.2) is 6.07 Å². The van der Waals surface area contributed by atoms with Gasteiger partial charge in [-0.1, -0.05) is 6.92 Å². The number of halogens is 1. The Balaban J connectivity index is 2.19. The molecule has 20 heavy (non-hydrogen) atoms. The lowest BCUT2D eigenvalue weighted by molar-refractivity contribution is -0.124. The minimum Gasteiger partial charge on any atom is -0.377 e. The lowest BCUT2D eigenvalue weighted by Gasteiger charge is -2.35. The molecule has 1 N–H and O–H groups in total. The molecule has 2 heterocycles. The fourth-order valence-corrected chi connectivity index (χ4v) is 2.34. The first-order chi connectivity index (χ1) is 9.61. The number of amides is 1. The Labute approximate surface area is 123 Å². The van der Waals surface area contributed by atoms with Crippen molar-refractivity contribution < 1.29 is 9.53 Å². The van der Waals surface area contributed by atoms with Gasteiger partial charge in [-0.2, -0.15) is 0 Å². The van der Waals surface area contributed by atoms with Gasteiger partial charge in [-0.05, 0) is 24.9 Å².